The third-order valence-electron chi connectivity index (χ3n) is 12.3. The fourth-order valence-electron chi connectivity index (χ4n) is 8.46. The maximum Gasteiger partial charge on any atom is 0.495 e. The molecule has 284 valence electrons. The molecule has 59 heavy (non-hydrogen) atoms. The van der Waals surface area contributed by atoms with Crippen molar-refractivity contribution in [1.82, 2.24) is 15.0 Å². The molecule has 0 bridgehead atoms. The van der Waals surface area contributed by atoms with Crippen molar-refractivity contribution in [3.63, 3.8) is 0 Å². The van der Waals surface area contributed by atoms with Crippen molar-refractivity contribution in [3.8, 4) is 45.0 Å². The first-order valence-electron chi connectivity index (χ1n) is 19.9. The zero-order chi connectivity index (χ0) is 40.0. The molecule has 0 radical (unpaired) electrons. The molecule has 0 N–H and O–H groups in total. The Labute approximate surface area is 346 Å². The lowest BCUT2D eigenvalue weighted by atomic mass is 9.75. The number of aromatic nitrogens is 3. The molecule has 11 rings (SSSR count). The van der Waals surface area contributed by atoms with Crippen LogP contribution in [0.3, 0.4) is 0 Å². The number of furan rings is 1. The van der Waals surface area contributed by atoms with Gasteiger partial charge < -0.3 is 13.7 Å². The van der Waals surface area contributed by atoms with Crippen molar-refractivity contribution < 1.29 is 13.7 Å². The van der Waals surface area contributed by atoms with Crippen molar-refractivity contribution in [2.75, 3.05) is 0 Å². The summed E-state index contributed by atoms with van der Waals surface area (Å²) in [5.74, 6) is 1.06. The van der Waals surface area contributed by atoms with Gasteiger partial charge in [-0.25, -0.2) is 4.98 Å². The van der Waals surface area contributed by atoms with Crippen LogP contribution in [0, 0.1) is 0 Å². The number of nitrogens with zero attached hydrogens (tertiary/aromatic N) is 3. The lowest BCUT2D eigenvalue weighted by molar-refractivity contribution is 0.00578. The summed E-state index contributed by atoms with van der Waals surface area (Å²) in [5, 5.41) is 8.99. The molecule has 1 fully saturated rings. The highest BCUT2D eigenvalue weighted by Gasteiger charge is 2.52. The third kappa shape index (κ3) is 5.99. The molecule has 0 aliphatic carbocycles. The Bertz CT molecular complexity index is 3320. The fourth-order valence-corrected chi connectivity index (χ4v) is 8.62. The van der Waals surface area contributed by atoms with Crippen LogP contribution >= 0.6 is 11.6 Å². The second-order valence-corrected chi connectivity index (χ2v) is 16.8. The van der Waals surface area contributed by atoms with Gasteiger partial charge in [0.1, 0.15) is 11.2 Å². The number of fused-ring (bicyclic) bond motifs is 6. The highest BCUT2D eigenvalue weighted by molar-refractivity contribution is 6.65. The van der Waals surface area contributed by atoms with Crippen molar-refractivity contribution in [2.24, 2.45) is 0 Å². The lowest BCUT2D eigenvalue weighted by Crippen LogP contribution is -2.41. The van der Waals surface area contributed by atoms with E-state index in [1.807, 2.05) is 24.3 Å². The van der Waals surface area contributed by atoms with Gasteiger partial charge in [-0.15, -0.1) is 0 Å². The van der Waals surface area contributed by atoms with E-state index in [1.54, 1.807) is 0 Å². The topological polar surface area (TPSA) is 70.3 Å². The second-order valence-electron chi connectivity index (χ2n) is 16.4. The standard InChI is InChI=1S/C51H37BClN3O3/c1-50(2)51(3,4)59-52(58-50)43-25-24-39(38-12-7-8-13-40(38)43)41-14-9-15-44-46(41)42-23-22-34(29-45(42)57-44)33-19-16-31-18-21-36(28-37(31)27-33)48-54-47(55-49(53)56-48)35-20-17-30-10-5-6-11-32(30)26-35/h5-29H,1-4H3. The van der Waals surface area contributed by atoms with Gasteiger partial charge in [0.15, 0.2) is 11.6 Å². The van der Waals surface area contributed by atoms with E-state index >= 15 is 0 Å². The van der Waals surface area contributed by atoms with Gasteiger partial charge in [-0.05, 0) is 136 Å². The van der Waals surface area contributed by atoms with E-state index in [2.05, 4.69) is 165 Å². The number of hydrogen-bond donors (Lipinski definition) is 0. The predicted molar refractivity (Wildman–Crippen MR) is 242 cm³/mol. The second kappa shape index (κ2) is 13.3. The lowest BCUT2D eigenvalue weighted by Gasteiger charge is -2.32. The maximum atomic E-state index is 6.61. The van der Waals surface area contributed by atoms with Crippen LogP contribution in [-0.2, 0) is 9.31 Å². The Morgan fingerprint density at radius 3 is 1.80 bits per heavy atom. The van der Waals surface area contributed by atoms with E-state index in [4.69, 9.17) is 30.3 Å². The van der Waals surface area contributed by atoms with Crippen LogP contribution < -0.4 is 5.46 Å². The number of hydrogen-bond acceptors (Lipinski definition) is 6. The van der Waals surface area contributed by atoms with E-state index in [9.17, 15) is 0 Å². The van der Waals surface area contributed by atoms with Gasteiger partial charge in [-0.2, -0.15) is 9.97 Å². The van der Waals surface area contributed by atoms with Crippen molar-refractivity contribution >= 4 is 78.4 Å². The molecule has 2 aromatic heterocycles. The Balaban J connectivity index is 0.956. The molecule has 1 saturated heterocycles. The van der Waals surface area contributed by atoms with Crippen LogP contribution in [0.5, 0.6) is 0 Å². The molecule has 0 saturated carbocycles. The van der Waals surface area contributed by atoms with Crippen LogP contribution in [0.1, 0.15) is 27.7 Å². The quantitative estimate of drug-likeness (QED) is 0.162. The summed E-state index contributed by atoms with van der Waals surface area (Å²) >= 11 is 6.51. The average Bonchev–Trinajstić information content (AvgIpc) is 3.73. The van der Waals surface area contributed by atoms with E-state index < -0.39 is 18.3 Å². The Hall–Kier alpha value is -6.38. The molecule has 1 aliphatic rings. The largest absolute Gasteiger partial charge is 0.495 e. The van der Waals surface area contributed by atoms with Crippen LogP contribution in [0.2, 0.25) is 5.28 Å². The van der Waals surface area contributed by atoms with E-state index in [1.165, 1.54) is 0 Å². The summed E-state index contributed by atoms with van der Waals surface area (Å²) < 4.78 is 19.6. The third-order valence-corrected chi connectivity index (χ3v) is 12.5. The van der Waals surface area contributed by atoms with Gasteiger partial charge in [-0.1, -0.05) is 115 Å². The average molecular weight is 786 g/mol. The molecule has 10 aromatic rings. The molecular weight excluding hydrogens is 749 g/mol. The summed E-state index contributed by atoms with van der Waals surface area (Å²) in [5.41, 5.74) is 7.97. The van der Waals surface area contributed by atoms with E-state index in [0.29, 0.717) is 11.6 Å². The summed E-state index contributed by atoms with van der Waals surface area (Å²) in [4.78, 5) is 13.9. The van der Waals surface area contributed by atoms with Gasteiger partial charge in [-0.3, -0.25) is 0 Å². The van der Waals surface area contributed by atoms with E-state index in [-0.39, 0.29) is 5.28 Å². The number of halogens is 1. The normalized spacial score (nSPS) is 15.0. The smallest absolute Gasteiger partial charge is 0.456 e. The minimum absolute atomic E-state index is 0.154. The summed E-state index contributed by atoms with van der Waals surface area (Å²) in [7, 11) is -0.457. The Morgan fingerprint density at radius 1 is 0.458 bits per heavy atom. The number of benzene rings is 8. The molecule has 0 atom stereocenters. The van der Waals surface area contributed by atoms with Gasteiger partial charge in [0.25, 0.3) is 0 Å². The monoisotopic (exact) mass is 785 g/mol. The highest BCUT2D eigenvalue weighted by Crippen LogP contribution is 2.42. The Kier molecular flexibility index (Phi) is 8.08. The van der Waals surface area contributed by atoms with Gasteiger partial charge in [0.2, 0.25) is 5.28 Å². The minimum Gasteiger partial charge on any atom is -0.456 e. The van der Waals surface area contributed by atoms with Crippen molar-refractivity contribution in [2.45, 2.75) is 38.9 Å². The van der Waals surface area contributed by atoms with E-state index in [0.717, 1.165) is 93.1 Å². The van der Waals surface area contributed by atoms with Crippen LogP contribution in [-0.4, -0.2) is 33.3 Å². The number of rotatable bonds is 5. The summed E-state index contributed by atoms with van der Waals surface area (Å²) in [6.07, 6.45) is 0. The first kappa shape index (κ1) is 35.8. The zero-order valence-corrected chi connectivity index (χ0v) is 33.7. The summed E-state index contributed by atoms with van der Waals surface area (Å²) in [6, 6.07) is 52.8. The first-order chi connectivity index (χ1) is 28.6. The van der Waals surface area contributed by atoms with Gasteiger partial charge in [0, 0.05) is 21.9 Å². The Morgan fingerprint density at radius 2 is 1.05 bits per heavy atom. The summed E-state index contributed by atoms with van der Waals surface area (Å²) in [6.45, 7) is 8.37. The predicted octanol–water partition coefficient (Wildman–Crippen LogP) is 12.9. The highest BCUT2D eigenvalue weighted by atomic mass is 35.5. The molecule has 0 unspecified atom stereocenters. The first-order valence-corrected chi connectivity index (χ1v) is 20.2. The molecule has 0 spiro atoms. The van der Waals surface area contributed by atoms with Gasteiger partial charge in [0.05, 0.1) is 11.2 Å². The van der Waals surface area contributed by atoms with Crippen LogP contribution in [0.25, 0.3) is 99.3 Å². The van der Waals surface area contributed by atoms with Crippen molar-refractivity contribution in [3.05, 3.63) is 157 Å². The molecule has 8 heteroatoms. The van der Waals surface area contributed by atoms with Crippen molar-refractivity contribution in [1.29, 1.82) is 0 Å². The molecule has 6 nitrogen and oxygen atoms in total. The molecular formula is C51H37BClN3O3. The molecule has 1 aliphatic heterocycles. The fraction of sp³-hybridized carbons (Fsp3) is 0.118. The molecule has 8 aromatic carbocycles. The molecule has 0 amide bonds. The minimum atomic E-state index is -0.457. The SMILES string of the molecule is CC1(C)OB(c2ccc(-c3cccc4oc5cc(-c6ccc7ccc(-c8nc(Cl)nc(-c9ccc%10ccccc%10c9)n8)cc7c6)ccc5c34)c3ccccc23)OC1(C)C. The van der Waals surface area contributed by atoms with Crippen LogP contribution in [0.15, 0.2) is 156 Å². The maximum absolute atomic E-state index is 6.61. The van der Waals surface area contributed by atoms with Gasteiger partial charge >= 0.3 is 7.12 Å². The van der Waals surface area contributed by atoms with Crippen LogP contribution in [0.4, 0.5) is 0 Å². The molecule has 3 heterocycles. The zero-order valence-electron chi connectivity index (χ0n) is 33.0.